The maximum Gasteiger partial charge on any atom is 0.180 e. The molecule has 4 aromatic carbocycles. The number of benzene rings is 4. The summed E-state index contributed by atoms with van der Waals surface area (Å²) in [6, 6.07) is 23.1. The van der Waals surface area contributed by atoms with E-state index in [9.17, 15) is 4.79 Å². The van der Waals surface area contributed by atoms with Gasteiger partial charge in [0.05, 0.1) is 0 Å². The fourth-order valence-corrected chi connectivity index (χ4v) is 4.39. The maximum atomic E-state index is 12.3. The van der Waals surface area contributed by atoms with Crippen LogP contribution in [0.1, 0.15) is 5.56 Å². The van der Waals surface area contributed by atoms with E-state index in [2.05, 4.69) is 19.1 Å². The van der Waals surface area contributed by atoms with Crippen LogP contribution in [0.4, 0.5) is 0 Å². The molecule has 0 saturated heterocycles. The number of para-hydroxylation sites is 2. The molecule has 5 rings (SSSR count). The molecule has 0 aliphatic rings. The van der Waals surface area contributed by atoms with Gasteiger partial charge in [0.15, 0.2) is 16.6 Å². The van der Waals surface area contributed by atoms with Crippen molar-refractivity contribution < 1.29 is 4.42 Å². The van der Waals surface area contributed by atoms with Gasteiger partial charge in [0.2, 0.25) is 0 Å². The quantitative estimate of drug-likeness (QED) is 0.285. The zero-order chi connectivity index (χ0) is 18.4. The largest absolute Gasteiger partial charge is 0.452 e. The molecule has 130 valence electrons. The molecule has 5 aromatic rings. The Morgan fingerprint density at radius 3 is 2.56 bits per heavy atom. The van der Waals surface area contributed by atoms with Gasteiger partial charge in [-0.05, 0) is 48.2 Å². The lowest BCUT2D eigenvalue weighted by Crippen LogP contribution is -1.98. The molecule has 0 aliphatic carbocycles. The van der Waals surface area contributed by atoms with Crippen LogP contribution >= 0.6 is 11.8 Å². The van der Waals surface area contributed by atoms with Crippen LogP contribution in [0.15, 0.2) is 91.8 Å². The van der Waals surface area contributed by atoms with Crippen molar-refractivity contribution in [1.82, 2.24) is 4.98 Å². The van der Waals surface area contributed by atoms with E-state index in [-0.39, 0.29) is 5.43 Å². The Labute approximate surface area is 159 Å². The molecular weight excluding hydrogens is 354 g/mol. The molecular formula is C23H15NO2S. The second-order valence-corrected chi connectivity index (χ2v) is 7.57. The van der Waals surface area contributed by atoms with Crippen LogP contribution in [-0.2, 0) is 0 Å². The number of rotatable bonds is 2. The molecule has 1 aromatic heterocycles. The fourth-order valence-electron chi connectivity index (χ4n) is 3.29. The Hall–Kier alpha value is -3.11. The van der Waals surface area contributed by atoms with E-state index in [1.54, 1.807) is 23.9 Å². The van der Waals surface area contributed by atoms with Crippen molar-refractivity contribution >= 4 is 44.7 Å². The normalized spacial score (nSPS) is 11.4. The van der Waals surface area contributed by atoms with E-state index in [1.807, 2.05) is 48.5 Å². The third kappa shape index (κ3) is 2.78. The predicted molar refractivity (Wildman–Crippen MR) is 111 cm³/mol. The molecule has 27 heavy (non-hydrogen) atoms. The highest BCUT2D eigenvalue weighted by Crippen LogP contribution is 2.38. The van der Waals surface area contributed by atoms with Gasteiger partial charge in [-0.15, -0.1) is 0 Å². The Bertz CT molecular complexity index is 1390. The minimum absolute atomic E-state index is 0.00770. The van der Waals surface area contributed by atoms with Crippen LogP contribution in [0.2, 0.25) is 0 Å². The minimum atomic E-state index is -0.00770. The molecule has 0 radical (unpaired) electrons. The average Bonchev–Trinajstić information content (AvgIpc) is 2.67. The van der Waals surface area contributed by atoms with E-state index < -0.39 is 0 Å². The number of hydrogen-bond acceptors (Lipinski definition) is 4. The summed E-state index contributed by atoms with van der Waals surface area (Å²) in [4.78, 5) is 19.0. The van der Waals surface area contributed by atoms with Crippen LogP contribution in [0.5, 0.6) is 0 Å². The van der Waals surface area contributed by atoms with Crippen LogP contribution in [0.3, 0.4) is 0 Å². The molecule has 0 fully saturated rings. The SMILES string of the molecule is Cc1ccccc1Sc1cc(=O)cc2ccc3nc4ccccc4oc3c12. The molecule has 0 saturated carbocycles. The van der Waals surface area contributed by atoms with Crippen molar-refractivity contribution in [2.45, 2.75) is 16.7 Å². The van der Waals surface area contributed by atoms with Gasteiger partial charge >= 0.3 is 0 Å². The molecule has 0 spiro atoms. The van der Waals surface area contributed by atoms with E-state index in [0.29, 0.717) is 5.58 Å². The van der Waals surface area contributed by atoms with Gasteiger partial charge in [0.1, 0.15) is 11.0 Å². The number of aromatic nitrogens is 1. The predicted octanol–water partition coefficient (Wildman–Crippen LogP) is 5.95. The smallest absolute Gasteiger partial charge is 0.180 e. The van der Waals surface area contributed by atoms with E-state index in [1.165, 1.54) is 5.56 Å². The molecule has 0 amide bonds. The Morgan fingerprint density at radius 1 is 0.852 bits per heavy atom. The zero-order valence-corrected chi connectivity index (χ0v) is 15.4. The summed E-state index contributed by atoms with van der Waals surface area (Å²) in [6.45, 7) is 2.07. The van der Waals surface area contributed by atoms with Gasteiger partial charge in [-0.1, -0.05) is 48.2 Å². The van der Waals surface area contributed by atoms with Crippen LogP contribution in [0.25, 0.3) is 33.0 Å². The first kappa shape index (κ1) is 16.1. The molecule has 3 nitrogen and oxygen atoms in total. The van der Waals surface area contributed by atoms with E-state index >= 15 is 0 Å². The van der Waals surface area contributed by atoms with Crippen molar-refractivity contribution in [1.29, 1.82) is 0 Å². The zero-order valence-electron chi connectivity index (χ0n) is 14.6. The first-order chi connectivity index (χ1) is 13.2. The molecule has 0 aliphatic heterocycles. The number of hydrogen-bond donors (Lipinski definition) is 0. The summed E-state index contributed by atoms with van der Waals surface area (Å²) in [6.07, 6.45) is 0. The maximum absolute atomic E-state index is 12.3. The Kier molecular flexibility index (Phi) is 3.73. The van der Waals surface area contributed by atoms with E-state index in [0.717, 1.165) is 37.2 Å². The summed E-state index contributed by atoms with van der Waals surface area (Å²) >= 11 is 1.59. The lowest BCUT2D eigenvalue weighted by atomic mass is 10.1. The van der Waals surface area contributed by atoms with Gasteiger partial charge in [-0.2, -0.15) is 0 Å². The van der Waals surface area contributed by atoms with Gasteiger partial charge in [0.25, 0.3) is 0 Å². The van der Waals surface area contributed by atoms with Crippen molar-refractivity contribution in [3.8, 4) is 0 Å². The highest BCUT2D eigenvalue weighted by atomic mass is 32.2. The van der Waals surface area contributed by atoms with Gasteiger partial charge in [-0.25, -0.2) is 4.98 Å². The standard InChI is InChI=1S/C23H15NO2S/c1-14-6-2-5-9-20(14)27-21-13-16(25)12-15-10-11-18-23(22(15)21)26-19-8-4-3-7-17(19)24-18/h2-13H,1H3. The second kappa shape index (κ2) is 6.25. The highest BCUT2D eigenvalue weighted by molar-refractivity contribution is 7.99. The Morgan fingerprint density at radius 2 is 1.67 bits per heavy atom. The lowest BCUT2D eigenvalue weighted by Gasteiger charge is -2.10. The number of nitrogens with zero attached hydrogens (tertiary/aromatic N) is 1. The number of fused-ring (bicyclic) bond motifs is 4. The first-order valence-corrected chi connectivity index (χ1v) is 9.50. The third-order valence-corrected chi connectivity index (χ3v) is 5.84. The molecule has 0 bridgehead atoms. The molecule has 1 heterocycles. The van der Waals surface area contributed by atoms with Gasteiger partial charge in [0, 0.05) is 21.2 Å². The third-order valence-electron chi connectivity index (χ3n) is 4.62. The summed E-state index contributed by atoms with van der Waals surface area (Å²) in [5, 5.41) is 1.80. The van der Waals surface area contributed by atoms with Crippen molar-refractivity contribution in [3.63, 3.8) is 0 Å². The van der Waals surface area contributed by atoms with Crippen molar-refractivity contribution in [2.75, 3.05) is 0 Å². The van der Waals surface area contributed by atoms with Crippen molar-refractivity contribution in [2.24, 2.45) is 0 Å². The monoisotopic (exact) mass is 369 g/mol. The van der Waals surface area contributed by atoms with Gasteiger partial charge < -0.3 is 4.42 Å². The average molecular weight is 369 g/mol. The van der Waals surface area contributed by atoms with E-state index in [4.69, 9.17) is 9.40 Å². The second-order valence-electron chi connectivity index (χ2n) is 6.48. The highest BCUT2D eigenvalue weighted by Gasteiger charge is 2.13. The molecule has 0 atom stereocenters. The molecule has 0 N–H and O–H groups in total. The van der Waals surface area contributed by atoms with Crippen molar-refractivity contribution in [3.05, 3.63) is 88.6 Å². The van der Waals surface area contributed by atoms with Crippen LogP contribution in [-0.4, -0.2) is 4.98 Å². The first-order valence-electron chi connectivity index (χ1n) is 8.69. The van der Waals surface area contributed by atoms with Crippen LogP contribution in [0, 0.1) is 6.92 Å². The lowest BCUT2D eigenvalue weighted by molar-refractivity contribution is 0.660. The summed E-state index contributed by atoms with van der Waals surface area (Å²) in [7, 11) is 0. The minimum Gasteiger partial charge on any atom is -0.452 e. The topological polar surface area (TPSA) is 43.1 Å². The molecule has 4 heteroatoms. The fraction of sp³-hybridized carbons (Fsp3) is 0.0435. The molecule has 0 unspecified atom stereocenters. The summed E-state index contributed by atoms with van der Waals surface area (Å²) < 4.78 is 6.23. The summed E-state index contributed by atoms with van der Waals surface area (Å²) in [5.41, 5.74) is 4.21. The summed E-state index contributed by atoms with van der Waals surface area (Å²) in [5.74, 6) is 0. The number of aryl methyl sites for hydroxylation is 1. The van der Waals surface area contributed by atoms with Gasteiger partial charge in [-0.3, -0.25) is 4.79 Å². The Balaban J connectivity index is 1.85. The van der Waals surface area contributed by atoms with Crippen LogP contribution < -0.4 is 5.43 Å².